The van der Waals surface area contributed by atoms with Gasteiger partial charge in [0.15, 0.2) is 0 Å². The molecule has 0 saturated carbocycles. The highest BCUT2D eigenvalue weighted by atomic mass is 32.2. The second kappa shape index (κ2) is 6.41. The maximum Gasteiger partial charge on any atom is 0.297 e. The molecule has 0 aliphatic carbocycles. The Balaban J connectivity index is 1.90. The lowest BCUT2D eigenvalue weighted by Gasteiger charge is -2.34. The fourth-order valence-electron chi connectivity index (χ4n) is 2.05. The summed E-state index contributed by atoms with van der Waals surface area (Å²) in [6.07, 6.45) is 0.375. The van der Waals surface area contributed by atoms with Crippen LogP contribution in [0.4, 0.5) is 0 Å². The zero-order valence-corrected chi connectivity index (χ0v) is 12.7. The second-order valence-electron chi connectivity index (χ2n) is 5.41. The molecule has 1 aromatic rings. The summed E-state index contributed by atoms with van der Waals surface area (Å²) in [5, 5.41) is 18.8. The molecule has 0 aromatic heterocycles. The van der Waals surface area contributed by atoms with Gasteiger partial charge in [0.1, 0.15) is 5.60 Å². The summed E-state index contributed by atoms with van der Waals surface area (Å²) in [7, 11) is -3.80. The van der Waals surface area contributed by atoms with Gasteiger partial charge in [-0.05, 0) is 31.9 Å². The maximum absolute atomic E-state index is 12.0. The van der Waals surface area contributed by atoms with E-state index in [1.54, 1.807) is 12.1 Å². The Morgan fingerprint density at radius 2 is 2.05 bits per heavy atom. The van der Waals surface area contributed by atoms with Crippen LogP contribution >= 0.6 is 0 Å². The van der Waals surface area contributed by atoms with Crippen LogP contribution in [-0.4, -0.2) is 50.2 Å². The lowest BCUT2D eigenvalue weighted by molar-refractivity contribution is -0.144. The normalized spacial score (nSPS) is 26.7. The fourth-order valence-corrected chi connectivity index (χ4v) is 2.99. The monoisotopic (exact) mass is 316 g/mol. The first-order valence-corrected chi connectivity index (χ1v) is 8.16. The predicted octanol–water partition coefficient (Wildman–Crippen LogP) is 0.603. The van der Waals surface area contributed by atoms with Crippen molar-refractivity contribution in [3.05, 3.63) is 29.8 Å². The average Bonchev–Trinajstić information content (AvgIpc) is 2.47. The van der Waals surface area contributed by atoms with E-state index in [0.29, 0.717) is 12.8 Å². The third kappa shape index (κ3) is 4.24. The van der Waals surface area contributed by atoms with Crippen LogP contribution in [0.25, 0.3) is 0 Å². The smallest absolute Gasteiger partial charge is 0.297 e. The zero-order valence-electron chi connectivity index (χ0n) is 11.9. The molecule has 2 rings (SSSR count). The van der Waals surface area contributed by atoms with Gasteiger partial charge in [-0.25, -0.2) is 0 Å². The van der Waals surface area contributed by atoms with Gasteiger partial charge in [0.05, 0.1) is 30.8 Å². The summed E-state index contributed by atoms with van der Waals surface area (Å²) in [5.41, 5.74) is -0.264. The Labute approximate surface area is 124 Å². The van der Waals surface area contributed by atoms with E-state index < -0.39 is 21.8 Å². The predicted molar refractivity (Wildman–Crippen MR) is 75.3 cm³/mol. The van der Waals surface area contributed by atoms with Gasteiger partial charge in [0.2, 0.25) is 0 Å². The molecule has 2 unspecified atom stereocenters. The van der Waals surface area contributed by atoms with Crippen molar-refractivity contribution < 1.29 is 27.6 Å². The molecule has 1 aliphatic heterocycles. The molecule has 1 aromatic carbocycles. The third-order valence-electron chi connectivity index (χ3n) is 3.53. The molecule has 2 N–H and O–H groups in total. The molecule has 1 aliphatic rings. The summed E-state index contributed by atoms with van der Waals surface area (Å²) < 4.78 is 34.3. The van der Waals surface area contributed by atoms with E-state index in [1.807, 2.05) is 6.92 Å². The summed E-state index contributed by atoms with van der Waals surface area (Å²) in [5.74, 6) is 0. The molecule has 0 amide bonds. The lowest BCUT2D eigenvalue weighted by Crippen LogP contribution is -2.45. The molecule has 0 spiro atoms. The van der Waals surface area contributed by atoms with E-state index in [4.69, 9.17) is 14.0 Å². The van der Waals surface area contributed by atoms with Crippen LogP contribution in [0.1, 0.15) is 18.4 Å². The number of hydrogen-bond donors (Lipinski definition) is 2. The maximum atomic E-state index is 12.0. The van der Waals surface area contributed by atoms with Crippen molar-refractivity contribution in [2.24, 2.45) is 0 Å². The van der Waals surface area contributed by atoms with Crippen molar-refractivity contribution in [2.45, 2.75) is 36.4 Å². The van der Waals surface area contributed by atoms with Gasteiger partial charge in [0, 0.05) is 0 Å². The Bertz CT molecular complexity index is 558. The molecule has 21 heavy (non-hydrogen) atoms. The van der Waals surface area contributed by atoms with Crippen LogP contribution in [0.15, 0.2) is 29.2 Å². The molecular weight excluding hydrogens is 296 g/mol. The van der Waals surface area contributed by atoms with Crippen LogP contribution in [0, 0.1) is 6.92 Å². The Hall–Kier alpha value is -0.990. The number of rotatable bonds is 5. The molecule has 6 nitrogen and oxygen atoms in total. The molecular formula is C14H20O6S. The largest absolute Gasteiger partial charge is 0.393 e. The first-order valence-electron chi connectivity index (χ1n) is 6.76. The van der Waals surface area contributed by atoms with Gasteiger partial charge in [-0.1, -0.05) is 17.7 Å². The first-order chi connectivity index (χ1) is 9.85. The van der Waals surface area contributed by atoms with Crippen LogP contribution in [0.2, 0.25) is 0 Å². The van der Waals surface area contributed by atoms with Crippen molar-refractivity contribution in [1.82, 2.24) is 0 Å². The summed E-state index contributed by atoms with van der Waals surface area (Å²) in [4.78, 5) is 0.107. The Kier molecular flexibility index (Phi) is 5.00. The number of ether oxygens (including phenoxy) is 1. The number of aliphatic hydroxyl groups excluding tert-OH is 1. The zero-order chi connectivity index (χ0) is 15.5. The molecule has 0 radical (unpaired) electrons. The fraction of sp³-hybridized carbons (Fsp3) is 0.571. The molecule has 118 valence electrons. The number of benzene rings is 1. The molecule has 1 fully saturated rings. The van der Waals surface area contributed by atoms with Gasteiger partial charge in [-0.2, -0.15) is 8.42 Å². The van der Waals surface area contributed by atoms with Crippen LogP contribution in [0.3, 0.4) is 0 Å². The highest BCUT2D eigenvalue weighted by Gasteiger charge is 2.34. The van der Waals surface area contributed by atoms with Crippen molar-refractivity contribution in [1.29, 1.82) is 0 Å². The number of aliphatic hydroxyl groups is 2. The van der Waals surface area contributed by atoms with E-state index in [-0.39, 0.29) is 24.7 Å². The molecule has 0 bridgehead atoms. The first kappa shape index (κ1) is 16.4. The van der Waals surface area contributed by atoms with Gasteiger partial charge < -0.3 is 14.9 Å². The topological polar surface area (TPSA) is 93.1 Å². The van der Waals surface area contributed by atoms with Crippen molar-refractivity contribution >= 4 is 10.1 Å². The van der Waals surface area contributed by atoms with E-state index in [0.717, 1.165) is 5.56 Å². The average molecular weight is 316 g/mol. The van der Waals surface area contributed by atoms with Crippen molar-refractivity contribution in [3.63, 3.8) is 0 Å². The third-order valence-corrected chi connectivity index (χ3v) is 4.83. The SMILES string of the molecule is Cc1ccc(S(=O)(=O)OCC2CCC(O)(CO)CO2)cc1. The van der Waals surface area contributed by atoms with E-state index in [2.05, 4.69) is 0 Å². The minimum Gasteiger partial charge on any atom is -0.393 e. The Morgan fingerprint density at radius 1 is 1.38 bits per heavy atom. The number of aryl methyl sites for hydroxylation is 1. The van der Waals surface area contributed by atoms with Crippen LogP contribution in [-0.2, 0) is 19.0 Å². The van der Waals surface area contributed by atoms with Gasteiger partial charge in [-0.3, -0.25) is 4.18 Å². The van der Waals surface area contributed by atoms with Crippen molar-refractivity contribution in [2.75, 3.05) is 19.8 Å². The second-order valence-corrected chi connectivity index (χ2v) is 7.02. The van der Waals surface area contributed by atoms with E-state index in [9.17, 15) is 13.5 Å². The standard InChI is InChI=1S/C14H20O6S/c1-11-2-4-13(5-3-11)21(17,18)20-8-12-6-7-14(16,9-15)10-19-12/h2-5,12,15-16H,6-10H2,1H3. The number of hydrogen-bond acceptors (Lipinski definition) is 6. The summed E-state index contributed by atoms with van der Waals surface area (Å²) in [6.45, 7) is 1.37. The minimum atomic E-state index is -3.80. The van der Waals surface area contributed by atoms with Gasteiger partial charge in [0.25, 0.3) is 10.1 Å². The van der Waals surface area contributed by atoms with E-state index >= 15 is 0 Å². The van der Waals surface area contributed by atoms with Crippen molar-refractivity contribution in [3.8, 4) is 0 Å². The Morgan fingerprint density at radius 3 is 2.57 bits per heavy atom. The minimum absolute atomic E-state index is 0.0257. The van der Waals surface area contributed by atoms with Crippen LogP contribution in [0.5, 0.6) is 0 Å². The van der Waals surface area contributed by atoms with Gasteiger partial charge >= 0.3 is 0 Å². The molecule has 7 heteroatoms. The van der Waals surface area contributed by atoms with Crippen LogP contribution < -0.4 is 0 Å². The van der Waals surface area contributed by atoms with E-state index in [1.165, 1.54) is 12.1 Å². The molecule has 1 saturated heterocycles. The molecule has 1 heterocycles. The quantitative estimate of drug-likeness (QED) is 0.773. The summed E-state index contributed by atoms with van der Waals surface area (Å²) >= 11 is 0. The highest BCUT2D eigenvalue weighted by molar-refractivity contribution is 7.86. The highest BCUT2D eigenvalue weighted by Crippen LogP contribution is 2.23. The summed E-state index contributed by atoms with van der Waals surface area (Å²) in [6, 6.07) is 6.40. The lowest BCUT2D eigenvalue weighted by atomic mass is 9.95. The van der Waals surface area contributed by atoms with Gasteiger partial charge in [-0.15, -0.1) is 0 Å². The molecule has 2 atom stereocenters.